The zero-order chi connectivity index (χ0) is 16.5. The van der Waals surface area contributed by atoms with Crippen molar-refractivity contribution in [2.24, 2.45) is 0 Å². The van der Waals surface area contributed by atoms with Gasteiger partial charge in [0.25, 0.3) is 6.04 Å². The van der Waals surface area contributed by atoms with Gasteiger partial charge in [0, 0.05) is 17.8 Å². The third kappa shape index (κ3) is 5.16. The number of carbonyl (C=O) groups excluding carboxylic acids is 2. The first kappa shape index (κ1) is 17.6. The molecule has 0 aliphatic carbocycles. The zero-order valence-electron chi connectivity index (χ0n) is 12.6. The van der Waals surface area contributed by atoms with Crippen LogP contribution in [0.15, 0.2) is 30.3 Å². The van der Waals surface area contributed by atoms with Gasteiger partial charge in [0.2, 0.25) is 0 Å². The van der Waals surface area contributed by atoms with E-state index in [1.807, 2.05) is 0 Å². The van der Waals surface area contributed by atoms with Crippen LogP contribution in [0, 0.1) is 10.1 Å². The maximum absolute atomic E-state index is 11.6. The first-order chi connectivity index (χ1) is 10.5. The molecular weight excluding hydrogens is 290 g/mol. The van der Waals surface area contributed by atoms with E-state index in [4.69, 9.17) is 9.47 Å². The number of benzene rings is 1. The lowest BCUT2D eigenvalue weighted by Crippen LogP contribution is -2.35. The predicted octanol–water partition coefficient (Wildman–Crippen LogP) is 2.28. The normalized spacial score (nSPS) is 13.0. The van der Waals surface area contributed by atoms with Gasteiger partial charge in [0.15, 0.2) is 12.7 Å². The molecule has 0 saturated carbocycles. The molecule has 0 bridgehead atoms. The van der Waals surface area contributed by atoms with Crippen molar-refractivity contribution in [3.8, 4) is 0 Å². The van der Waals surface area contributed by atoms with Gasteiger partial charge in [-0.05, 0) is 5.56 Å². The van der Waals surface area contributed by atoms with E-state index >= 15 is 0 Å². The van der Waals surface area contributed by atoms with E-state index in [0.29, 0.717) is 5.56 Å². The molecule has 0 amide bonds. The van der Waals surface area contributed by atoms with E-state index in [1.165, 1.54) is 0 Å². The summed E-state index contributed by atoms with van der Waals surface area (Å²) in [5.74, 6) is -1.09. The van der Waals surface area contributed by atoms with Crippen LogP contribution in [-0.4, -0.2) is 29.5 Å². The SMILES string of the molecule is CCC(=O)OCC(C(OC(=O)CC)c1ccccc1)[N+](=O)[O-]. The number of nitro groups is 1. The molecule has 0 N–H and O–H groups in total. The largest absolute Gasteiger partial charge is 0.458 e. The number of ether oxygens (including phenoxy) is 2. The van der Waals surface area contributed by atoms with E-state index in [9.17, 15) is 19.7 Å². The van der Waals surface area contributed by atoms with Gasteiger partial charge in [-0.15, -0.1) is 0 Å². The van der Waals surface area contributed by atoms with E-state index in [-0.39, 0.29) is 12.8 Å². The van der Waals surface area contributed by atoms with Crippen LogP contribution in [0.4, 0.5) is 0 Å². The molecule has 1 aromatic carbocycles. The van der Waals surface area contributed by atoms with E-state index in [2.05, 4.69) is 0 Å². The Morgan fingerprint density at radius 2 is 1.73 bits per heavy atom. The molecule has 0 radical (unpaired) electrons. The van der Waals surface area contributed by atoms with Crippen molar-refractivity contribution >= 4 is 11.9 Å². The fourth-order valence-electron chi connectivity index (χ4n) is 1.78. The van der Waals surface area contributed by atoms with Crippen LogP contribution in [0.5, 0.6) is 0 Å². The molecule has 0 aliphatic rings. The third-order valence-corrected chi connectivity index (χ3v) is 3.00. The highest BCUT2D eigenvalue weighted by molar-refractivity contribution is 5.69. The maximum atomic E-state index is 11.6. The minimum Gasteiger partial charge on any atom is -0.458 e. The Morgan fingerprint density at radius 1 is 1.14 bits per heavy atom. The molecular formula is C15H19NO6. The number of hydrogen-bond acceptors (Lipinski definition) is 6. The van der Waals surface area contributed by atoms with Crippen molar-refractivity contribution in [2.75, 3.05) is 6.61 Å². The standard InChI is InChI=1S/C15H19NO6/c1-3-13(17)21-10-12(16(19)20)15(22-14(18)4-2)11-8-6-5-7-9-11/h5-9,12,15H,3-4,10H2,1-2H3. The summed E-state index contributed by atoms with van der Waals surface area (Å²) >= 11 is 0. The molecule has 2 unspecified atom stereocenters. The minimum absolute atomic E-state index is 0.0997. The van der Waals surface area contributed by atoms with Gasteiger partial charge in [0.05, 0.1) is 0 Å². The van der Waals surface area contributed by atoms with Crippen molar-refractivity contribution in [3.63, 3.8) is 0 Å². The van der Waals surface area contributed by atoms with Crippen molar-refractivity contribution in [1.82, 2.24) is 0 Å². The third-order valence-electron chi connectivity index (χ3n) is 3.00. The molecule has 0 aromatic heterocycles. The van der Waals surface area contributed by atoms with Gasteiger partial charge in [-0.25, -0.2) is 0 Å². The smallest absolute Gasteiger partial charge is 0.306 e. The number of hydrogen-bond donors (Lipinski definition) is 0. The Bertz CT molecular complexity index is 516. The first-order valence-corrected chi connectivity index (χ1v) is 7.03. The fraction of sp³-hybridized carbons (Fsp3) is 0.467. The summed E-state index contributed by atoms with van der Waals surface area (Å²) in [5.41, 5.74) is 0.485. The fourth-order valence-corrected chi connectivity index (χ4v) is 1.78. The molecule has 22 heavy (non-hydrogen) atoms. The second kappa shape index (κ2) is 8.76. The highest BCUT2D eigenvalue weighted by Gasteiger charge is 2.37. The predicted molar refractivity (Wildman–Crippen MR) is 77.6 cm³/mol. The number of nitrogens with zero attached hydrogens (tertiary/aromatic N) is 1. The van der Waals surface area contributed by atoms with Crippen LogP contribution < -0.4 is 0 Å². The molecule has 120 valence electrons. The lowest BCUT2D eigenvalue weighted by molar-refractivity contribution is -0.538. The summed E-state index contributed by atoms with van der Waals surface area (Å²) < 4.78 is 10.1. The molecule has 0 spiro atoms. The Labute approximate surface area is 128 Å². The van der Waals surface area contributed by atoms with Crippen molar-refractivity contribution in [2.45, 2.75) is 38.8 Å². The van der Waals surface area contributed by atoms with Gasteiger partial charge in [-0.3, -0.25) is 19.7 Å². The summed E-state index contributed by atoms with van der Waals surface area (Å²) in [6.07, 6.45) is -0.883. The number of rotatable bonds is 8. The Kier molecular flexibility index (Phi) is 7.01. The average molecular weight is 309 g/mol. The maximum Gasteiger partial charge on any atom is 0.306 e. The Balaban J connectivity index is 3.00. The number of esters is 2. The molecule has 0 heterocycles. The van der Waals surface area contributed by atoms with Crippen LogP contribution in [0.25, 0.3) is 0 Å². The van der Waals surface area contributed by atoms with Gasteiger partial charge in [-0.2, -0.15) is 0 Å². The summed E-state index contributed by atoms with van der Waals surface area (Å²) in [4.78, 5) is 33.5. The summed E-state index contributed by atoms with van der Waals surface area (Å²) in [7, 11) is 0. The molecule has 7 nitrogen and oxygen atoms in total. The zero-order valence-corrected chi connectivity index (χ0v) is 12.6. The molecule has 2 atom stereocenters. The van der Waals surface area contributed by atoms with Gasteiger partial charge < -0.3 is 9.47 Å². The van der Waals surface area contributed by atoms with Crippen molar-refractivity contribution < 1.29 is 24.0 Å². The van der Waals surface area contributed by atoms with Crippen LogP contribution >= 0.6 is 0 Å². The quantitative estimate of drug-likeness (QED) is 0.415. The van der Waals surface area contributed by atoms with Crippen molar-refractivity contribution in [3.05, 3.63) is 46.0 Å². The molecule has 0 saturated heterocycles. The average Bonchev–Trinajstić information content (AvgIpc) is 2.53. The van der Waals surface area contributed by atoms with Gasteiger partial charge in [0.1, 0.15) is 0 Å². The monoisotopic (exact) mass is 309 g/mol. The van der Waals surface area contributed by atoms with E-state index < -0.39 is 35.6 Å². The van der Waals surface area contributed by atoms with Gasteiger partial charge in [-0.1, -0.05) is 44.2 Å². The molecule has 1 aromatic rings. The van der Waals surface area contributed by atoms with Crippen LogP contribution in [0.2, 0.25) is 0 Å². The Morgan fingerprint density at radius 3 is 2.23 bits per heavy atom. The van der Waals surface area contributed by atoms with E-state index in [0.717, 1.165) is 0 Å². The molecule has 0 fully saturated rings. The van der Waals surface area contributed by atoms with Crippen molar-refractivity contribution in [1.29, 1.82) is 0 Å². The molecule has 7 heteroatoms. The minimum atomic E-state index is -1.35. The summed E-state index contributed by atoms with van der Waals surface area (Å²) in [6.45, 7) is 2.74. The highest BCUT2D eigenvalue weighted by Crippen LogP contribution is 2.24. The van der Waals surface area contributed by atoms with Crippen LogP contribution in [0.3, 0.4) is 0 Å². The summed E-state index contributed by atoms with van der Waals surface area (Å²) in [6, 6.07) is 7.04. The second-order valence-corrected chi connectivity index (χ2v) is 4.56. The van der Waals surface area contributed by atoms with Crippen LogP contribution in [-0.2, 0) is 19.1 Å². The topological polar surface area (TPSA) is 95.7 Å². The van der Waals surface area contributed by atoms with Crippen LogP contribution in [0.1, 0.15) is 38.4 Å². The lowest BCUT2D eigenvalue weighted by Gasteiger charge is -2.21. The molecule has 0 aliphatic heterocycles. The first-order valence-electron chi connectivity index (χ1n) is 7.03. The highest BCUT2D eigenvalue weighted by atomic mass is 16.6. The lowest BCUT2D eigenvalue weighted by atomic mass is 10.0. The second-order valence-electron chi connectivity index (χ2n) is 4.56. The van der Waals surface area contributed by atoms with E-state index in [1.54, 1.807) is 44.2 Å². The summed E-state index contributed by atoms with van der Waals surface area (Å²) in [5, 5.41) is 11.3. The number of carbonyl (C=O) groups is 2. The van der Waals surface area contributed by atoms with Gasteiger partial charge >= 0.3 is 11.9 Å². The Hall–Kier alpha value is -2.44. The molecule has 1 rings (SSSR count).